The van der Waals surface area contributed by atoms with Crippen LogP contribution in [0.5, 0.6) is 5.75 Å². The maximum Gasteiger partial charge on any atom is 0.244 e. The Kier molecular flexibility index (Phi) is 4.42. The van der Waals surface area contributed by atoms with Crippen LogP contribution in [0.2, 0.25) is 0 Å². The molecule has 1 atom stereocenters. The molecule has 1 fully saturated rings. The molecule has 1 saturated heterocycles. The first-order chi connectivity index (χ1) is 10.6. The maximum atomic E-state index is 12.6. The molecule has 6 nitrogen and oxygen atoms in total. The van der Waals surface area contributed by atoms with Crippen LogP contribution >= 0.6 is 15.9 Å². The molecule has 0 N–H and O–H groups in total. The number of nitrogens with zero attached hydrogens (tertiary/aromatic N) is 3. The van der Waals surface area contributed by atoms with Gasteiger partial charge in [0.2, 0.25) is 10.0 Å². The molecule has 1 aliphatic heterocycles. The highest BCUT2D eigenvalue weighted by Gasteiger charge is 2.33. The second kappa shape index (κ2) is 6.31. The number of rotatable bonds is 4. The zero-order valence-electron chi connectivity index (χ0n) is 11.6. The summed E-state index contributed by atoms with van der Waals surface area (Å²) in [7, 11) is -3.54. The van der Waals surface area contributed by atoms with Gasteiger partial charge in [0, 0.05) is 35.8 Å². The van der Waals surface area contributed by atoms with Gasteiger partial charge in [-0.3, -0.25) is 9.97 Å². The molecule has 1 aliphatic rings. The molecular formula is C14H14BrN3O3S. The van der Waals surface area contributed by atoms with E-state index in [1.54, 1.807) is 36.8 Å². The average molecular weight is 384 g/mol. The first kappa shape index (κ1) is 15.4. The van der Waals surface area contributed by atoms with Crippen LogP contribution < -0.4 is 4.74 Å². The second-order valence-corrected chi connectivity index (χ2v) is 7.77. The molecule has 3 rings (SSSR count). The second-order valence-electron chi connectivity index (χ2n) is 4.91. The number of pyridine rings is 2. The van der Waals surface area contributed by atoms with Gasteiger partial charge >= 0.3 is 0 Å². The first-order valence-corrected chi connectivity index (χ1v) is 8.96. The molecule has 2 aromatic heterocycles. The van der Waals surface area contributed by atoms with Crippen molar-refractivity contribution in [2.24, 2.45) is 0 Å². The average Bonchev–Trinajstić information content (AvgIpc) is 2.97. The third-order valence-corrected chi connectivity index (χ3v) is 5.64. The lowest BCUT2D eigenvalue weighted by Gasteiger charge is -2.17. The molecule has 22 heavy (non-hydrogen) atoms. The lowest BCUT2D eigenvalue weighted by atomic mass is 10.3. The fourth-order valence-corrected chi connectivity index (χ4v) is 4.30. The van der Waals surface area contributed by atoms with Crippen LogP contribution in [-0.2, 0) is 10.0 Å². The minimum Gasteiger partial charge on any atom is -0.489 e. The summed E-state index contributed by atoms with van der Waals surface area (Å²) in [6, 6.07) is 5.07. The van der Waals surface area contributed by atoms with E-state index in [4.69, 9.17) is 4.74 Å². The number of halogens is 1. The number of hydrogen-bond acceptors (Lipinski definition) is 5. The third kappa shape index (κ3) is 3.29. The summed E-state index contributed by atoms with van der Waals surface area (Å²) in [6.07, 6.45) is 6.70. The lowest BCUT2D eigenvalue weighted by Crippen LogP contribution is -2.31. The van der Waals surface area contributed by atoms with Crippen LogP contribution in [0.4, 0.5) is 0 Å². The van der Waals surface area contributed by atoms with E-state index in [9.17, 15) is 8.42 Å². The highest BCUT2D eigenvalue weighted by molar-refractivity contribution is 9.10. The van der Waals surface area contributed by atoms with Crippen molar-refractivity contribution in [3.63, 3.8) is 0 Å². The van der Waals surface area contributed by atoms with Crippen LogP contribution in [0.3, 0.4) is 0 Å². The van der Waals surface area contributed by atoms with E-state index < -0.39 is 10.0 Å². The van der Waals surface area contributed by atoms with Gasteiger partial charge in [0.1, 0.15) is 16.7 Å². The van der Waals surface area contributed by atoms with Crippen molar-refractivity contribution in [1.82, 2.24) is 14.3 Å². The first-order valence-electron chi connectivity index (χ1n) is 6.73. The highest BCUT2D eigenvalue weighted by atomic mass is 79.9. The van der Waals surface area contributed by atoms with Crippen molar-refractivity contribution in [1.29, 1.82) is 0 Å². The van der Waals surface area contributed by atoms with Crippen molar-refractivity contribution in [3.05, 3.63) is 47.5 Å². The smallest absolute Gasteiger partial charge is 0.244 e. The Bertz CT molecular complexity index is 755. The molecule has 8 heteroatoms. The summed E-state index contributed by atoms with van der Waals surface area (Å²) in [5.41, 5.74) is 0. The van der Waals surface area contributed by atoms with Gasteiger partial charge < -0.3 is 4.74 Å². The van der Waals surface area contributed by atoms with Gasteiger partial charge in [-0.2, -0.15) is 4.31 Å². The SMILES string of the molecule is O=S(=O)(c1cncc(Br)c1)N1CC[C@@H](Oc2ccncc2)C1. The summed E-state index contributed by atoms with van der Waals surface area (Å²) in [5.74, 6) is 0.698. The normalized spacial score (nSPS) is 19.2. The molecule has 0 spiro atoms. The Hall–Kier alpha value is -1.51. The number of sulfonamides is 1. The van der Waals surface area contributed by atoms with Crippen molar-refractivity contribution in [3.8, 4) is 5.75 Å². The predicted octanol–water partition coefficient (Wildman–Crippen LogP) is 2.08. The molecule has 0 aliphatic carbocycles. The molecule has 0 saturated carbocycles. The molecule has 2 aromatic rings. The Morgan fingerprint density at radius 2 is 2.00 bits per heavy atom. The van der Waals surface area contributed by atoms with Gasteiger partial charge in [-0.15, -0.1) is 0 Å². The molecule has 0 bridgehead atoms. The van der Waals surface area contributed by atoms with Crippen LogP contribution in [0.15, 0.2) is 52.4 Å². The van der Waals surface area contributed by atoms with E-state index in [0.717, 1.165) is 0 Å². The van der Waals surface area contributed by atoms with E-state index in [1.807, 2.05) is 0 Å². The van der Waals surface area contributed by atoms with Crippen molar-refractivity contribution >= 4 is 26.0 Å². The van der Waals surface area contributed by atoms with E-state index in [1.165, 1.54) is 10.5 Å². The number of hydrogen-bond donors (Lipinski definition) is 0. The largest absolute Gasteiger partial charge is 0.489 e. The van der Waals surface area contributed by atoms with Gasteiger partial charge in [0.05, 0.1) is 6.54 Å². The van der Waals surface area contributed by atoms with Gasteiger partial charge in [-0.1, -0.05) is 0 Å². The van der Waals surface area contributed by atoms with Crippen LogP contribution in [-0.4, -0.2) is 41.9 Å². The van der Waals surface area contributed by atoms with E-state index in [0.29, 0.717) is 29.7 Å². The van der Waals surface area contributed by atoms with Crippen molar-refractivity contribution < 1.29 is 13.2 Å². The fourth-order valence-electron chi connectivity index (χ4n) is 2.30. The summed E-state index contributed by atoms with van der Waals surface area (Å²) in [5, 5.41) is 0. The molecule has 3 heterocycles. The molecule has 0 radical (unpaired) electrons. The lowest BCUT2D eigenvalue weighted by molar-refractivity contribution is 0.215. The Morgan fingerprint density at radius 1 is 1.23 bits per heavy atom. The monoisotopic (exact) mass is 383 g/mol. The Labute approximate surface area is 137 Å². The number of ether oxygens (including phenoxy) is 1. The highest BCUT2D eigenvalue weighted by Crippen LogP contribution is 2.24. The predicted molar refractivity (Wildman–Crippen MR) is 84.0 cm³/mol. The van der Waals surface area contributed by atoms with Crippen molar-refractivity contribution in [2.45, 2.75) is 17.4 Å². The third-order valence-electron chi connectivity index (χ3n) is 3.38. The summed E-state index contributed by atoms with van der Waals surface area (Å²) in [6.45, 7) is 0.766. The zero-order valence-corrected chi connectivity index (χ0v) is 14.0. The minimum absolute atomic E-state index is 0.155. The van der Waals surface area contributed by atoms with Gasteiger partial charge in [-0.05, 0) is 40.5 Å². The van der Waals surface area contributed by atoms with Gasteiger partial charge in [-0.25, -0.2) is 8.42 Å². The molecule has 0 amide bonds. The van der Waals surface area contributed by atoms with E-state index in [-0.39, 0.29) is 11.0 Å². The van der Waals surface area contributed by atoms with Crippen LogP contribution in [0.25, 0.3) is 0 Å². The number of aromatic nitrogens is 2. The molecule has 0 aromatic carbocycles. The van der Waals surface area contributed by atoms with E-state index >= 15 is 0 Å². The Morgan fingerprint density at radius 3 is 2.73 bits per heavy atom. The molecule has 116 valence electrons. The maximum absolute atomic E-state index is 12.6. The standard InChI is InChI=1S/C14H14BrN3O3S/c15-11-7-14(9-17-8-11)22(19,20)18-6-3-13(10-18)21-12-1-4-16-5-2-12/h1-2,4-5,7-9,13H,3,6,10H2/t13-/m1/s1. The minimum atomic E-state index is -3.54. The van der Waals surface area contributed by atoms with Crippen molar-refractivity contribution in [2.75, 3.05) is 13.1 Å². The quantitative estimate of drug-likeness (QED) is 0.807. The van der Waals surface area contributed by atoms with Crippen LogP contribution in [0, 0.1) is 0 Å². The summed E-state index contributed by atoms with van der Waals surface area (Å²) in [4.78, 5) is 8.03. The zero-order chi connectivity index (χ0) is 15.6. The molecular weight excluding hydrogens is 370 g/mol. The Balaban J connectivity index is 1.72. The topological polar surface area (TPSA) is 72.4 Å². The van der Waals surface area contributed by atoms with Crippen LogP contribution in [0.1, 0.15) is 6.42 Å². The fraction of sp³-hybridized carbons (Fsp3) is 0.286. The summed E-state index contributed by atoms with van der Waals surface area (Å²) < 4.78 is 33.0. The molecule has 0 unspecified atom stereocenters. The van der Waals surface area contributed by atoms with Gasteiger partial charge in [0.25, 0.3) is 0 Å². The van der Waals surface area contributed by atoms with E-state index in [2.05, 4.69) is 25.9 Å². The van der Waals surface area contributed by atoms with Gasteiger partial charge in [0.15, 0.2) is 0 Å². The summed E-state index contributed by atoms with van der Waals surface area (Å²) >= 11 is 3.24.